The van der Waals surface area contributed by atoms with E-state index in [9.17, 15) is 0 Å². The molecule has 0 saturated heterocycles. The zero-order valence-electron chi connectivity index (χ0n) is 10.8. The molecular formula is C14H23NO2. The van der Waals surface area contributed by atoms with Crippen LogP contribution in [0.3, 0.4) is 0 Å². The zero-order valence-corrected chi connectivity index (χ0v) is 10.8. The van der Waals surface area contributed by atoms with Crippen LogP contribution in [0.15, 0.2) is 18.2 Å². The summed E-state index contributed by atoms with van der Waals surface area (Å²) in [7, 11) is 0. The Morgan fingerprint density at radius 3 is 2.00 bits per heavy atom. The summed E-state index contributed by atoms with van der Waals surface area (Å²) in [5, 5.41) is 17.8. The minimum atomic E-state index is 0.209. The topological polar surface area (TPSA) is 43.7 Å². The molecule has 2 N–H and O–H groups in total. The standard InChI is InChI=1S/C14H23NO2/c1-12-5-6-14(11-13(12)2)15(7-3-9-16)8-4-10-17/h5-6,11,16-17H,3-4,7-10H2,1-2H3. The highest BCUT2D eigenvalue weighted by Crippen LogP contribution is 2.19. The van der Waals surface area contributed by atoms with Crippen LogP contribution >= 0.6 is 0 Å². The Kier molecular flexibility index (Phi) is 6.01. The first-order valence-electron chi connectivity index (χ1n) is 6.23. The molecule has 0 aliphatic rings. The van der Waals surface area contributed by atoms with Gasteiger partial charge in [-0.1, -0.05) is 6.07 Å². The third-order valence-corrected chi connectivity index (χ3v) is 3.03. The molecule has 0 aliphatic heterocycles. The van der Waals surface area contributed by atoms with E-state index >= 15 is 0 Å². The fraction of sp³-hybridized carbons (Fsp3) is 0.571. The Balaban J connectivity index is 2.75. The van der Waals surface area contributed by atoms with Crippen molar-refractivity contribution >= 4 is 5.69 Å². The Bertz CT molecular complexity index is 331. The lowest BCUT2D eigenvalue weighted by molar-refractivity contribution is 0.282. The van der Waals surface area contributed by atoms with E-state index < -0.39 is 0 Å². The van der Waals surface area contributed by atoms with E-state index in [2.05, 4.69) is 36.9 Å². The van der Waals surface area contributed by atoms with Crippen LogP contribution in [0.25, 0.3) is 0 Å². The van der Waals surface area contributed by atoms with Crippen molar-refractivity contribution in [2.45, 2.75) is 26.7 Å². The molecule has 3 heteroatoms. The highest BCUT2D eigenvalue weighted by Gasteiger charge is 2.06. The van der Waals surface area contributed by atoms with Gasteiger partial charge in [-0.2, -0.15) is 0 Å². The summed E-state index contributed by atoms with van der Waals surface area (Å²) in [6.07, 6.45) is 1.52. The maximum Gasteiger partial charge on any atom is 0.0447 e. The molecule has 1 aromatic rings. The number of aliphatic hydroxyl groups is 2. The molecule has 1 aromatic carbocycles. The number of hydrogen-bond acceptors (Lipinski definition) is 3. The van der Waals surface area contributed by atoms with Gasteiger partial charge in [-0.05, 0) is 49.9 Å². The fourth-order valence-electron chi connectivity index (χ4n) is 1.82. The molecule has 0 aromatic heterocycles. The van der Waals surface area contributed by atoms with Crippen molar-refractivity contribution in [1.29, 1.82) is 0 Å². The normalized spacial score (nSPS) is 10.6. The minimum Gasteiger partial charge on any atom is -0.396 e. The third kappa shape index (κ3) is 4.36. The van der Waals surface area contributed by atoms with Crippen molar-refractivity contribution in [2.24, 2.45) is 0 Å². The van der Waals surface area contributed by atoms with Gasteiger partial charge in [-0.25, -0.2) is 0 Å². The number of rotatable bonds is 7. The summed E-state index contributed by atoms with van der Waals surface area (Å²) in [6, 6.07) is 6.40. The summed E-state index contributed by atoms with van der Waals surface area (Å²) in [5.74, 6) is 0. The number of aliphatic hydroxyl groups excluding tert-OH is 2. The van der Waals surface area contributed by atoms with Crippen molar-refractivity contribution in [3.8, 4) is 0 Å². The zero-order chi connectivity index (χ0) is 12.7. The van der Waals surface area contributed by atoms with Gasteiger partial charge >= 0.3 is 0 Å². The van der Waals surface area contributed by atoms with Gasteiger partial charge < -0.3 is 15.1 Å². The van der Waals surface area contributed by atoms with E-state index in [0.717, 1.165) is 25.9 Å². The van der Waals surface area contributed by atoms with Gasteiger partial charge in [0.15, 0.2) is 0 Å². The minimum absolute atomic E-state index is 0.209. The smallest absolute Gasteiger partial charge is 0.0447 e. The van der Waals surface area contributed by atoms with Gasteiger partial charge in [0.25, 0.3) is 0 Å². The van der Waals surface area contributed by atoms with Crippen molar-refractivity contribution in [1.82, 2.24) is 0 Å². The summed E-state index contributed by atoms with van der Waals surface area (Å²) < 4.78 is 0. The van der Waals surface area contributed by atoms with Crippen LogP contribution in [0, 0.1) is 13.8 Å². The van der Waals surface area contributed by atoms with Crippen molar-refractivity contribution in [2.75, 3.05) is 31.2 Å². The molecule has 0 radical (unpaired) electrons. The van der Waals surface area contributed by atoms with Gasteiger partial charge in [0.1, 0.15) is 0 Å². The van der Waals surface area contributed by atoms with Gasteiger partial charge in [0, 0.05) is 32.0 Å². The van der Waals surface area contributed by atoms with Crippen LogP contribution in [0.5, 0.6) is 0 Å². The van der Waals surface area contributed by atoms with Crippen LogP contribution in [0.2, 0.25) is 0 Å². The lowest BCUT2D eigenvalue weighted by Crippen LogP contribution is -2.27. The number of anilines is 1. The fourth-order valence-corrected chi connectivity index (χ4v) is 1.82. The molecule has 0 amide bonds. The average molecular weight is 237 g/mol. The molecule has 96 valence electrons. The van der Waals surface area contributed by atoms with Crippen LogP contribution in [-0.2, 0) is 0 Å². The monoisotopic (exact) mass is 237 g/mol. The van der Waals surface area contributed by atoms with Crippen molar-refractivity contribution in [3.05, 3.63) is 29.3 Å². The first-order chi connectivity index (χ1) is 8.19. The van der Waals surface area contributed by atoms with Crippen LogP contribution in [0.1, 0.15) is 24.0 Å². The predicted octanol–water partition coefficient (Wildman–Crippen LogP) is 1.87. The average Bonchev–Trinajstić information content (AvgIpc) is 2.33. The Labute approximate surface area is 104 Å². The molecule has 17 heavy (non-hydrogen) atoms. The van der Waals surface area contributed by atoms with Gasteiger partial charge in [-0.3, -0.25) is 0 Å². The first kappa shape index (κ1) is 14.0. The molecule has 0 heterocycles. The van der Waals surface area contributed by atoms with E-state index in [1.165, 1.54) is 16.8 Å². The first-order valence-corrected chi connectivity index (χ1v) is 6.23. The Morgan fingerprint density at radius 1 is 0.941 bits per heavy atom. The van der Waals surface area contributed by atoms with Crippen LogP contribution < -0.4 is 4.90 Å². The molecule has 0 unspecified atom stereocenters. The maximum atomic E-state index is 8.91. The molecule has 0 aliphatic carbocycles. The maximum absolute atomic E-state index is 8.91. The second-order valence-electron chi connectivity index (χ2n) is 4.41. The van der Waals surface area contributed by atoms with Gasteiger partial charge in [-0.15, -0.1) is 0 Å². The summed E-state index contributed by atoms with van der Waals surface area (Å²) in [4.78, 5) is 2.22. The quantitative estimate of drug-likeness (QED) is 0.761. The molecule has 0 atom stereocenters. The van der Waals surface area contributed by atoms with Crippen LogP contribution in [0.4, 0.5) is 5.69 Å². The Hall–Kier alpha value is -1.06. The van der Waals surface area contributed by atoms with E-state index in [1.807, 2.05) is 0 Å². The Morgan fingerprint density at radius 2 is 1.53 bits per heavy atom. The van der Waals surface area contributed by atoms with Gasteiger partial charge in [0.2, 0.25) is 0 Å². The molecule has 0 saturated carbocycles. The van der Waals surface area contributed by atoms with Crippen molar-refractivity contribution < 1.29 is 10.2 Å². The number of hydrogen-bond donors (Lipinski definition) is 2. The molecule has 0 bridgehead atoms. The molecule has 1 rings (SSSR count). The van der Waals surface area contributed by atoms with E-state index in [4.69, 9.17) is 10.2 Å². The van der Waals surface area contributed by atoms with Gasteiger partial charge in [0.05, 0.1) is 0 Å². The highest BCUT2D eigenvalue weighted by atomic mass is 16.3. The molecule has 3 nitrogen and oxygen atoms in total. The summed E-state index contributed by atoms with van der Waals surface area (Å²) in [6.45, 7) is 6.29. The second kappa shape index (κ2) is 7.30. The third-order valence-electron chi connectivity index (χ3n) is 3.03. The number of aryl methyl sites for hydroxylation is 2. The second-order valence-corrected chi connectivity index (χ2v) is 4.41. The lowest BCUT2D eigenvalue weighted by Gasteiger charge is -2.25. The van der Waals surface area contributed by atoms with Crippen molar-refractivity contribution in [3.63, 3.8) is 0 Å². The molecular weight excluding hydrogens is 214 g/mol. The predicted molar refractivity (Wildman–Crippen MR) is 71.5 cm³/mol. The SMILES string of the molecule is Cc1ccc(N(CCCO)CCCO)cc1C. The van der Waals surface area contributed by atoms with E-state index in [1.54, 1.807) is 0 Å². The van der Waals surface area contributed by atoms with Crippen LogP contribution in [-0.4, -0.2) is 36.5 Å². The molecule has 0 spiro atoms. The number of nitrogens with zero attached hydrogens (tertiary/aromatic N) is 1. The largest absolute Gasteiger partial charge is 0.396 e. The van der Waals surface area contributed by atoms with E-state index in [-0.39, 0.29) is 13.2 Å². The molecule has 0 fully saturated rings. The number of benzene rings is 1. The summed E-state index contributed by atoms with van der Waals surface area (Å²) >= 11 is 0. The lowest BCUT2D eigenvalue weighted by atomic mass is 10.1. The highest BCUT2D eigenvalue weighted by molar-refractivity contribution is 5.50. The summed E-state index contributed by atoms with van der Waals surface area (Å²) in [5.41, 5.74) is 3.74. The van der Waals surface area contributed by atoms with E-state index in [0.29, 0.717) is 0 Å².